The largest absolute Gasteiger partial charge is 0.573 e. The van der Waals surface area contributed by atoms with Crippen LogP contribution in [0.2, 0.25) is 0 Å². The van der Waals surface area contributed by atoms with Crippen molar-refractivity contribution in [3.05, 3.63) is 65.5 Å². The predicted octanol–water partition coefficient (Wildman–Crippen LogP) is 3.20. The van der Waals surface area contributed by atoms with Crippen LogP contribution in [0.5, 0.6) is 5.75 Å². The van der Waals surface area contributed by atoms with Crippen molar-refractivity contribution in [2.24, 2.45) is 0 Å². The van der Waals surface area contributed by atoms with Crippen LogP contribution in [-0.4, -0.2) is 24.8 Å². The van der Waals surface area contributed by atoms with Gasteiger partial charge in [-0.05, 0) is 29.8 Å². The number of hydrogen-bond donors (Lipinski definition) is 1. The van der Waals surface area contributed by atoms with Crippen LogP contribution >= 0.6 is 0 Å². The lowest BCUT2D eigenvalue weighted by molar-refractivity contribution is -0.274. The molecule has 0 heterocycles. The first-order chi connectivity index (χ1) is 12.2. The van der Waals surface area contributed by atoms with Gasteiger partial charge in [0.25, 0.3) is 5.91 Å². The molecule has 0 atom stereocenters. The summed E-state index contributed by atoms with van der Waals surface area (Å²) in [5.74, 6) is -2.68. The number of carbonyl (C=O) groups is 2. The molecule has 0 aliphatic heterocycles. The molecule has 0 radical (unpaired) electrons. The molecule has 0 fully saturated rings. The Labute approximate surface area is 145 Å². The maximum atomic E-state index is 13.4. The quantitative estimate of drug-likeness (QED) is 0.626. The number of halogens is 4. The van der Waals surface area contributed by atoms with Crippen LogP contribution in [0.15, 0.2) is 48.5 Å². The first kappa shape index (κ1) is 19.2. The lowest BCUT2D eigenvalue weighted by Gasteiger charge is -2.10. The molecule has 2 rings (SSSR count). The number of nitrogens with one attached hydrogen (secondary N) is 1. The van der Waals surface area contributed by atoms with Gasteiger partial charge in [0.05, 0.1) is 5.56 Å². The van der Waals surface area contributed by atoms with Gasteiger partial charge in [-0.3, -0.25) is 9.59 Å². The van der Waals surface area contributed by atoms with Gasteiger partial charge in [0.2, 0.25) is 0 Å². The Morgan fingerprint density at radius 1 is 1.00 bits per heavy atom. The number of carbonyl (C=O) groups excluding carboxylic acids is 2. The van der Waals surface area contributed by atoms with Crippen LogP contribution in [0.1, 0.15) is 15.9 Å². The molecule has 0 saturated carbocycles. The standard InChI is InChI=1S/C17H13F4NO4/c18-14-4-2-1-3-13(14)16(24)22-9-15(23)25-10-11-5-7-12(8-6-11)26-17(19,20)21/h1-8H,9-10H2,(H,22,24). The van der Waals surface area contributed by atoms with Crippen LogP contribution in [0.4, 0.5) is 17.6 Å². The van der Waals surface area contributed by atoms with E-state index in [2.05, 4.69) is 10.1 Å². The van der Waals surface area contributed by atoms with Crippen molar-refractivity contribution < 1.29 is 36.6 Å². The molecule has 1 N–H and O–H groups in total. The number of esters is 1. The lowest BCUT2D eigenvalue weighted by Crippen LogP contribution is -2.31. The highest BCUT2D eigenvalue weighted by atomic mass is 19.4. The van der Waals surface area contributed by atoms with Gasteiger partial charge < -0.3 is 14.8 Å². The third kappa shape index (κ3) is 6.08. The number of benzene rings is 2. The number of ether oxygens (including phenoxy) is 2. The van der Waals surface area contributed by atoms with Gasteiger partial charge in [-0.2, -0.15) is 0 Å². The molecule has 0 saturated heterocycles. The second kappa shape index (κ2) is 8.32. The molecule has 138 valence electrons. The zero-order valence-electron chi connectivity index (χ0n) is 13.2. The molecule has 0 unspecified atom stereocenters. The zero-order valence-corrected chi connectivity index (χ0v) is 13.2. The second-order valence-corrected chi connectivity index (χ2v) is 5.01. The highest BCUT2D eigenvalue weighted by Gasteiger charge is 2.30. The summed E-state index contributed by atoms with van der Waals surface area (Å²) in [5, 5.41) is 2.21. The molecule has 1 amide bonds. The fraction of sp³-hybridized carbons (Fsp3) is 0.176. The Balaban J connectivity index is 1.78. The minimum Gasteiger partial charge on any atom is -0.460 e. The molecule has 2 aromatic rings. The monoisotopic (exact) mass is 371 g/mol. The van der Waals surface area contributed by atoms with Crippen molar-refractivity contribution >= 4 is 11.9 Å². The maximum Gasteiger partial charge on any atom is 0.573 e. The second-order valence-electron chi connectivity index (χ2n) is 5.01. The Morgan fingerprint density at radius 2 is 1.65 bits per heavy atom. The van der Waals surface area contributed by atoms with Gasteiger partial charge in [0.15, 0.2) is 0 Å². The van der Waals surface area contributed by atoms with Crippen molar-refractivity contribution in [1.82, 2.24) is 5.32 Å². The van der Waals surface area contributed by atoms with Gasteiger partial charge in [0.1, 0.15) is 24.7 Å². The highest BCUT2D eigenvalue weighted by molar-refractivity contribution is 5.96. The van der Waals surface area contributed by atoms with Gasteiger partial charge in [0, 0.05) is 0 Å². The summed E-state index contributed by atoms with van der Waals surface area (Å²) in [4.78, 5) is 23.3. The molecule has 0 spiro atoms. The smallest absolute Gasteiger partial charge is 0.460 e. The van der Waals surface area contributed by atoms with Crippen molar-refractivity contribution in [1.29, 1.82) is 0 Å². The predicted molar refractivity (Wildman–Crippen MR) is 81.7 cm³/mol. The molecule has 0 bridgehead atoms. The van der Waals surface area contributed by atoms with Crippen molar-refractivity contribution in [2.75, 3.05) is 6.54 Å². The number of alkyl halides is 3. The molecular formula is C17H13F4NO4. The van der Waals surface area contributed by atoms with E-state index in [0.29, 0.717) is 5.56 Å². The van der Waals surface area contributed by atoms with E-state index in [1.807, 2.05) is 0 Å². The topological polar surface area (TPSA) is 64.6 Å². The minimum absolute atomic E-state index is 0.208. The molecule has 0 aliphatic carbocycles. The van der Waals surface area contributed by atoms with Gasteiger partial charge >= 0.3 is 12.3 Å². The summed E-state index contributed by atoms with van der Waals surface area (Å²) in [7, 11) is 0. The summed E-state index contributed by atoms with van der Waals surface area (Å²) >= 11 is 0. The molecule has 2 aromatic carbocycles. The van der Waals surface area contributed by atoms with Crippen LogP contribution in [0.3, 0.4) is 0 Å². The molecule has 26 heavy (non-hydrogen) atoms. The average Bonchev–Trinajstić information content (AvgIpc) is 2.58. The van der Waals surface area contributed by atoms with Crippen molar-refractivity contribution in [3.63, 3.8) is 0 Å². The van der Waals surface area contributed by atoms with Crippen molar-refractivity contribution in [3.8, 4) is 5.75 Å². The van der Waals surface area contributed by atoms with E-state index in [0.717, 1.165) is 18.2 Å². The van der Waals surface area contributed by atoms with E-state index in [9.17, 15) is 27.2 Å². The Morgan fingerprint density at radius 3 is 2.27 bits per heavy atom. The summed E-state index contributed by atoms with van der Waals surface area (Å²) in [6, 6.07) is 10.0. The molecular weight excluding hydrogens is 358 g/mol. The average molecular weight is 371 g/mol. The van der Waals surface area contributed by atoms with Gasteiger partial charge in [-0.25, -0.2) is 4.39 Å². The van der Waals surface area contributed by atoms with Gasteiger partial charge in [-0.15, -0.1) is 13.2 Å². The summed E-state index contributed by atoms with van der Waals surface area (Å²) in [5.41, 5.74) is 0.217. The van der Waals surface area contributed by atoms with E-state index in [-0.39, 0.29) is 12.2 Å². The van der Waals surface area contributed by atoms with Crippen molar-refractivity contribution in [2.45, 2.75) is 13.0 Å². The van der Waals surface area contributed by atoms with E-state index in [4.69, 9.17) is 4.74 Å². The molecule has 5 nitrogen and oxygen atoms in total. The Kier molecular flexibility index (Phi) is 6.16. The highest BCUT2D eigenvalue weighted by Crippen LogP contribution is 2.22. The third-order valence-electron chi connectivity index (χ3n) is 3.07. The van der Waals surface area contributed by atoms with Crippen LogP contribution in [0.25, 0.3) is 0 Å². The van der Waals surface area contributed by atoms with Gasteiger partial charge in [-0.1, -0.05) is 24.3 Å². The zero-order chi connectivity index (χ0) is 19.2. The molecule has 9 heteroatoms. The summed E-state index contributed by atoms with van der Waals surface area (Å²) in [6.45, 7) is -0.691. The fourth-order valence-corrected chi connectivity index (χ4v) is 1.90. The lowest BCUT2D eigenvalue weighted by atomic mass is 10.2. The summed E-state index contributed by atoms with van der Waals surface area (Å²) in [6.07, 6.45) is -4.79. The van der Waals surface area contributed by atoms with Crippen LogP contribution < -0.4 is 10.1 Å². The first-order valence-corrected chi connectivity index (χ1v) is 7.27. The normalized spacial score (nSPS) is 10.9. The number of hydrogen-bond acceptors (Lipinski definition) is 4. The van der Waals surface area contributed by atoms with Crippen LogP contribution in [0, 0.1) is 5.82 Å². The Bertz CT molecular complexity index is 775. The molecule has 0 aliphatic rings. The first-order valence-electron chi connectivity index (χ1n) is 7.27. The van der Waals surface area contributed by atoms with E-state index < -0.39 is 36.4 Å². The minimum atomic E-state index is -4.79. The van der Waals surface area contributed by atoms with E-state index in [1.54, 1.807) is 0 Å². The number of amides is 1. The Hall–Kier alpha value is -3.10. The summed E-state index contributed by atoms with van der Waals surface area (Å²) < 4.78 is 58.1. The van der Waals surface area contributed by atoms with E-state index in [1.165, 1.54) is 30.3 Å². The third-order valence-corrected chi connectivity index (χ3v) is 3.07. The van der Waals surface area contributed by atoms with Crippen LogP contribution in [-0.2, 0) is 16.1 Å². The fourth-order valence-electron chi connectivity index (χ4n) is 1.90. The maximum absolute atomic E-state index is 13.4. The van der Waals surface area contributed by atoms with E-state index >= 15 is 0 Å². The molecule has 0 aromatic heterocycles. The number of rotatable bonds is 6. The SMILES string of the molecule is O=C(CNC(=O)c1ccccc1F)OCc1ccc(OC(F)(F)F)cc1.